The van der Waals surface area contributed by atoms with Crippen LogP contribution in [0.3, 0.4) is 0 Å². The van der Waals surface area contributed by atoms with Crippen LogP contribution >= 0.6 is 0 Å². The third-order valence-corrected chi connectivity index (χ3v) is 10.5. The Kier molecular flexibility index (Phi) is 6.52. The zero-order valence-corrected chi connectivity index (χ0v) is 28.5. The van der Waals surface area contributed by atoms with E-state index in [1.165, 1.54) is 37.7 Å². The Morgan fingerprint density at radius 2 is 0.925 bits per heavy atom. The van der Waals surface area contributed by atoms with E-state index >= 15 is 0 Å². The summed E-state index contributed by atoms with van der Waals surface area (Å²) in [6.07, 6.45) is 0. The summed E-state index contributed by atoms with van der Waals surface area (Å²) in [6.45, 7) is 0. The maximum atomic E-state index is 6.47. The van der Waals surface area contributed by atoms with Crippen LogP contribution in [-0.4, -0.2) is 15.0 Å². The average molecular weight is 676 g/mol. The van der Waals surface area contributed by atoms with Gasteiger partial charge in [0, 0.05) is 27.5 Å². The summed E-state index contributed by atoms with van der Waals surface area (Å²) < 4.78 is 6.47. The van der Waals surface area contributed by atoms with Crippen molar-refractivity contribution < 1.29 is 4.42 Å². The lowest BCUT2D eigenvalue weighted by Crippen LogP contribution is -2.00. The van der Waals surface area contributed by atoms with Crippen molar-refractivity contribution in [3.63, 3.8) is 0 Å². The number of fused-ring (bicyclic) bond motifs is 9. The van der Waals surface area contributed by atoms with E-state index in [2.05, 4.69) is 133 Å². The van der Waals surface area contributed by atoms with Crippen LogP contribution in [0.25, 0.3) is 110 Å². The molecule has 0 spiro atoms. The Labute approximate surface area is 304 Å². The van der Waals surface area contributed by atoms with Gasteiger partial charge in [-0.2, -0.15) is 0 Å². The number of hydrogen-bond acceptors (Lipinski definition) is 4. The molecule has 11 aromatic rings. The molecule has 9 aromatic carbocycles. The second kappa shape index (κ2) is 11.7. The van der Waals surface area contributed by atoms with Crippen LogP contribution in [0.4, 0.5) is 0 Å². The van der Waals surface area contributed by atoms with Gasteiger partial charge in [0.15, 0.2) is 17.5 Å². The summed E-state index contributed by atoms with van der Waals surface area (Å²) in [5.41, 5.74) is 6.65. The Bertz CT molecular complexity index is 3240. The molecule has 2 aromatic heterocycles. The lowest BCUT2D eigenvalue weighted by molar-refractivity contribution is 0.669. The standard InChI is InChI=1S/C49H29N3O/c1-2-11-33(12-3-1)47-50-48(38-22-17-30-9-4-5-13-34(30)28-38)52-49(51-47)41-15-8-16-44-46(41)42-29-36(24-26-43(42)53-44)35-23-25-40-37(27-35)21-20-32-19-18-31-10-6-7-14-39(31)45(32)40/h1-29H. The van der Waals surface area contributed by atoms with Crippen molar-refractivity contribution in [2.45, 2.75) is 0 Å². The van der Waals surface area contributed by atoms with Gasteiger partial charge in [-0.1, -0.05) is 146 Å². The van der Waals surface area contributed by atoms with Crippen LogP contribution in [0.5, 0.6) is 0 Å². The third-order valence-electron chi connectivity index (χ3n) is 10.5. The molecule has 0 amide bonds. The summed E-state index contributed by atoms with van der Waals surface area (Å²) >= 11 is 0. The average Bonchev–Trinajstić information content (AvgIpc) is 3.61. The molecule has 2 heterocycles. The highest BCUT2D eigenvalue weighted by molar-refractivity contribution is 6.20. The Hall–Kier alpha value is -7.17. The van der Waals surface area contributed by atoms with Gasteiger partial charge in [0.2, 0.25) is 0 Å². The van der Waals surface area contributed by atoms with Gasteiger partial charge in [0.25, 0.3) is 0 Å². The fraction of sp³-hybridized carbons (Fsp3) is 0. The van der Waals surface area contributed by atoms with Crippen LogP contribution < -0.4 is 0 Å². The fourth-order valence-electron chi connectivity index (χ4n) is 7.88. The summed E-state index contributed by atoms with van der Waals surface area (Å²) in [6, 6.07) is 61.8. The molecule has 0 radical (unpaired) electrons. The molecule has 0 bridgehead atoms. The minimum Gasteiger partial charge on any atom is -0.456 e. The number of rotatable bonds is 4. The highest BCUT2D eigenvalue weighted by atomic mass is 16.3. The normalized spacial score (nSPS) is 11.8. The smallest absolute Gasteiger partial charge is 0.164 e. The van der Waals surface area contributed by atoms with Gasteiger partial charge in [-0.25, -0.2) is 15.0 Å². The molecule has 0 fully saturated rings. The van der Waals surface area contributed by atoms with E-state index in [1.807, 2.05) is 42.5 Å². The molecule has 53 heavy (non-hydrogen) atoms. The first-order valence-electron chi connectivity index (χ1n) is 17.8. The predicted molar refractivity (Wildman–Crippen MR) is 219 cm³/mol. The highest BCUT2D eigenvalue weighted by Gasteiger charge is 2.19. The predicted octanol–water partition coefficient (Wildman–Crippen LogP) is 13.1. The number of aromatic nitrogens is 3. The Balaban J connectivity index is 1.09. The largest absolute Gasteiger partial charge is 0.456 e. The topological polar surface area (TPSA) is 51.8 Å². The Morgan fingerprint density at radius 3 is 1.81 bits per heavy atom. The maximum absolute atomic E-state index is 6.47. The summed E-state index contributed by atoms with van der Waals surface area (Å²) in [5.74, 6) is 1.85. The minimum atomic E-state index is 0.602. The molecule has 0 unspecified atom stereocenters. The molecule has 0 saturated carbocycles. The molecule has 4 heteroatoms. The van der Waals surface area contributed by atoms with Crippen LogP contribution in [0.2, 0.25) is 0 Å². The first-order chi connectivity index (χ1) is 26.2. The van der Waals surface area contributed by atoms with Gasteiger partial charge < -0.3 is 4.42 Å². The summed E-state index contributed by atoms with van der Waals surface area (Å²) in [4.78, 5) is 15.2. The number of hydrogen-bond donors (Lipinski definition) is 0. The van der Waals surface area contributed by atoms with Gasteiger partial charge >= 0.3 is 0 Å². The van der Waals surface area contributed by atoms with Crippen molar-refractivity contribution in [2.75, 3.05) is 0 Å². The van der Waals surface area contributed by atoms with Crippen LogP contribution in [0.1, 0.15) is 0 Å². The minimum absolute atomic E-state index is 0.602. The molecule has 0 aliphatic carbocycles. The molecule has 246 valence electrons. The Morgan fingerprint density at radius 1 is 0.302 bits per heavy atom. The molecule has 11 rings (SSSR count). The first-order valence-corrected chi connectivity index (χ1v) is 17.8. The summed E-state index contributed by atoms with van der Waals surface area (Å²) in [5, 5.41) is 11.9. The van der Waals surface area contributed by atoms with Gasteiger partial charge in [0.05, 0.1) is 0 Å². The maximum Gasteiger partial charge on any atom is 0.164 e. The molecule has 0 N–H and O–H groups in total. The molecule has 0 aliphatic heterocycles. The molecule has 0 saturated heterocycles. The SMILES string of the molecule is c1ccc(-c2nc(-c3ccc4ccccc4c3)nc(-c3cccc4oc5ccc(-c6ccc7c(ccc8ccc9ccccc9c87)c6)cc5c34)n2)cc1. The van der Waals surface area contributed by atoms with E-state index in [1.54, 1.807) is 0 Å². The van der Waals surface area contributed by atoms with E-state index in [4.69, 9.17) is 19.4 Å². The van der Waals surface area contributed by atoms with Crippen LogP contribution in [0.15, 0.2) is 180 Å². The number of furan rings is 1. The van der Waals surface area contributed by atoms with Crippen molar-refractivity contribution in [3.8, 4) is 45.3 Å². The van der Waals surface area contributed by atoms with E-state index < -0.39 is 0 Å². The molecular weight excluding hydrogens is 647 g/mol. The van der Waals surface area contributed by atoms with Crippen molar-refractivity contribution in [1.82, 2.24) is 15.0 Å². The fourth-order valence-corrected chi connectivity index (χ4v) is 7.88. The van der Waals surface area contributed by atoms with Gasteiger partial charge in [-0.3, -0.25) is 0 Å². The lowest BCUT2D eigenvalue weighted by Gasteiger charge is -2.11. The van der Waals surface area contributed by atoms with E-state index in [0.29, 0.717) is 17.5 Å². The van der Waals surface area contributed by atoms with E-state index in [-0.39, 0.29) is 0 Å². The quantitative estimate of drug-likeness (QED) is 0.174. The third kappa shape index (κ3) is 4.88. The van der Waals surface area contributed by atoms with Crippen molar-refractivity contribution in [1.29, 1.82) is 0 Å². The van der Waals surface area contributed by atoms with Crippen molar-refractivity contribution in [3.05, 3.63) is 176 Å². The van der Waals surface area contributed by atoms with Gasteiger partial charge in [0.1, 0.15) is 11.2 Å². The van der Waals surface area contributed by atoms with Crippen molar-refractivity contribution in [2.24, 2.45) is 0 Å². The highest BCUT2D eigenvalue weighted by Crippen LogP contribution is 2.40. The molecule has 0 atom stereocenters. The number of nitrogens with zero attached hydrogens (tertiary/aromatic N) is 3. The second-order valence-corrected chi connectivity index (χ2v) is 13.6. The van der Waals surface area contributed by atoms with Gasteiger partial charge in [-0.05, 0) is 84.5 Å². The first kappa shape index (κ1) is 29.5. The zero-order chi connectivity index (χ0) is 34.9. The monoisotopic (exact) mass is 675 g/mol. The number of benzene rings is 9. The zero-order valence-electron chi connectivity index (χ0n) is 28.5. The van der Waals surface area contributed by atoms with E-state index in [9.17, 15) is 0 Å². The molecule has 0 aliphatic rings. The molecule has 4 nitrogen and oxygen atoms in total. The second-order valence-electron chi connectivity index (χ2n) is 13.6. The van der Waals surface area contributed by atoms with Crippen LogP contribution in [-0.2, 0) is 0 Å². The van der Waals surface area contributed by atoms with Gasteiger partial charge in [-0.15, -0.1) is 0 Å². The van der Waals surface area contributed by atoms with Crippen molar-refractivity contribution >= 4 is 65.0 Å². The summed E-state index contributed by atoms with van der Waals surface area (Å²) in [7, 11) is 0. The van der Waals surface area contributed by atoms with E-state index in [0.717, 1.165) is 55.1 Å². The van der Waals surface area contributed by atoms with Crippen LogP contribution in [0, 0.1) is 0 Å². The lowest BCUT2D eigenvalue weighted by atomic mass is 9.94. The molecular formula is C49H29N3O.